The smallest absolute Gasteiger partial charge is 0.237 e. The molecule has 78 valence electrons. The monoisotopic (exact) mass is 205 g/mol. The Balaban J connectivity index is 2.39. The van der Waals surface area contributed by atoms with Gasteiger partial charge in [0.25, 0.3) is 0 Å². The highest BCUT2D eigenvalue weighted by molar-refractivity contribution is 6.20. The average molecular weight is 205 g/mol. The second-order valence-corrected chi connectivity index (χ2v) is 3.69. The molecule has 0 saturated carbocycles. The van der Waals surface area contributed by atoms with Gasteiger partial charge in [-0.3, -0.25) is 14.5 Å². The van der Waals surface area contributed by atoms with Gasteiger partial charge >= 0.3 is 0 Å². The highest BCUT2D eigenvalue weighted by Gasteiger charge is 2.36. The zero-order valence-electron chi connectivity index (χ0n) is 8.30. The molecule has 1 atom stereocenters. The number of nitrogens with zero attached hydrogens (tertiary/aromatic N) is 1. The maximum Gasteiger partial charge on any atom is 0.237 e. The summed E-state index contributed by atoms with van der Waals surface area (Å²) in [5.41, 5.74) is 0.439. The first kappa shape index (κ1) is 9.71. The lowest BCUT2D eigenvalue weighted by Gasteiger charge is -2.14. The van der Waals surface area contributed by atoms with E-state index in [-0.39, 0.29) is 29.9 Å². The van der Waals surface area contributed by atoms with E-state index in [1.165, 1.54) is 12.1 Å². The number of imide groups is 1. The molecule has 2 amide bonds. The van der Waals surface area contributed by atoms with E-state index in [0.29, 0.717) is 5.69 Å². The first-order valence-corrected chi connectivity index (χ1v) is 4.75. The lowest BCUT2D eigenvalue weighted by molar-refractivity contribution is -0.122. The minimum absolute atomic E-state index is 0.0488. The van der Waals surface area contributed by atoms with Gasteiger partial charge in [0, 0.05) is 18.4 Å². The minimum atomic E-state index is -0.264. The van der Waals surface area contributed by atoms with Crippen molar-refractivity contribution in [1.29, 1.82) is 0 Å². The zero-order chi connectivity index (χ0) is 11.0. The second-order valence-electron chi connectivity index (χ2n) is 3.69. The number of hydrogen-bond acceptors (Lipinski definition) is 3. The molecule has 1 aliphatic rings. The first-order chi connectivity index (χ1) is 7.09. The van der Waals surface area contributed by atoms with Gasteiger partial charge in [-0.15, -0.1) is 0 Å². The summed E-state index contributed by atoms with van der Waals surface area (Å²) in [6.07, 6.45) is 0.245. The van der Waals surface area contributed by atoms with E-state index in [4.69, 9.17) is 0 Å². The number of carbonyl (C=O) groups is 2. The maximum absolute atomic E-state index is 11.7. The molecule has 4 nitrogen and oxygen atoms in total. The van der Waals surface area contributed by atoms with E-state index in [1.54, 1.807) is 19.1 Å². The molecule has 0 spiro atoms. The summed E-state index contributed by atoms with van der Waals surface area (Å²) in [5, 5.41) is 9.26. The van der Waals surface area contributed by atoms with Gasteiger partial charge in [0.2, 0.25) is 11.8 Å². The third kappa shape index (κ3) is 1.58. The van der Waals surface area contributed by atoms with E-state index in [0.717, 1.165) is 4.90 Å². The standard InChI is InChI=1S/C11H11NO3/c1-7-5-10(14)12(11(7)15)8-3-2-4-9(13)6-8/h2-4,6-7,13H,5H2,1H3. The Morgan fingerprint density at radius 3 is 2.67 bits per heavy atom. The van der Waals surface area contributed by atoms with E-state index < -0.39 is 0 Å². The van der Waals surface area contributed by atoms with Crippen molar-refractivity contribution in [2.24, 2.45) is 5.92 Å². The molecule has 0 aromatic heterocycles. The SMILES string of the molecule is CC1CC(=O)N(c2cccc(O)c2)C1=O. The minimum Gasteiger partial charge on any atom is -0.508 e. The Morgan fingerprint density at radius 1 is 1.40 bits per heavy atom. The van der Waals surface area contributed by atoms with Crippen LogP contribution >= 0.6 is 0 Å². The number of phenols is 1. The van der Waals surface area contributed by atoms with Gasteiger partial charge < -0.3 is 5.11 Å². The molecule has 1 aromatic rings. The number of rotatable bonds is 1. The van der Waals surface area contributed by atoms with Crippen LogP contribution in [0.1, 0.15) is 13.3 Å². The molecule has 1 saturated heterocycles. The number of carbonyl (C=O) groups excluding carboxylic acids is 2. The number of phenolic OH excluding ortho intramolecular Hbond substituents is 1. The van der Waals surface area contributed by atoms with Crippen molar-refractivity contribution < 1.29 is 14.7 Å². The predicted molar refractivity (Wildman–Crippen MR) is 54.4 cm³/mol. The number of amides is 2. The van der Waals surface area contributed by atoms with Crippen molar-refractivity contribution in [1.82, 2.24) is 0 Å². The third-order valence-electron chi connectivity index (χ3n) is 2.46. The van der Waals surface area contributed by atoms with E-state index in [9.17, 15) is 14.7 Å². The normalized spacial score (nSPS) is 21.1. The molecular weight excluding hydrogens is 194 g/mol. The highest BCUT2D eigenvalue weighted by Crippen LogP contribution is 2.27. The largest absolute Gasteiger partial charge is 0.508 e. The fourth-order valence-electron chi connectivity index (χ4n) is 1.69. The summed E-state index contributed by atoms with van der Waals surface area (Å²) in [6.45, 7) is 1.73. The van der Waals surface area contributed by atoms with Gasteiger partial charge in [0.1, 0.15) is 5.75 Å². The average Bonchev–Trinajstić information content (AvgIpc) is 2.41. The Morgan fingerprint density at radius 2 is 2.13 bits per heavy atom. The van der Waals surface area contributed by atoms with Crippen LogP contribution in [0.15, 0.2) is 24.3 Å². The van der Waals surface area contributed by atoms with Crippen molar-refractivity contribution in [3.8, 4) is 5.75 Å². The lowest BCUT2D eigenvalue weighted by Crippen LogP contribution is -2.29. The quantitative estimate of drug-likeness (QED) is 0.703. The molecule has 2 rings (SSSR count). The molecule has 1 aromatic carbocycles. The fourth-order valence-corrected chi connectivity index (χ4v) is 1.69. The number of benzene rings is 1. The van der Waals surface area contributed by atoms with Crippen molar-refractivity contribution in [3.05, 3.63) is 24.3 Å². The Labute approximate surface area is 87.1 Å². The summed E-state index contributed by atoms with van der Waals surface area (Å²) in [6, 6.07) is 6.15. The molecule has 0 bridgehead atoms. The van der Waals surface area contributed by atoms with Gasteiger partial charge in [0.05, 0.1) is 5.69 Å². The molecule has 1 N–H and O–H groups in total. The predicted octanol–water partition coefficient (Wildman–Crippen LogP) is 1.29. The van der Waals surface area contributed by atoms with Crippen LogP contribution < -0.4 is 4.90 Å². The summed E-state index contributed by atoms with van der Waals surface area (Å²) >= 11 is 0. The van der Waals surface area contributed by atoms with Crippen LogP contribution in [0.4, 0.5) is 5.69 Å². The summed E-state index contributed by atoms with van der Waals surface area (Å²) < 4.78 is 0. The molecule has 15 heavy (non-hydrogen) atoms. The molecule has 0 aliphatic carbocycles. The lowest BCUT2D eigenvalue weighted by atomic mass is 10.1. The summed E-state index contributed by atoms with van der Waals surface area (Å²) in [5.74, 6) is -0.629. The van der Waals surface area contributed by atoms with Crippen molar-refractivity contribution in [2.45, 2.75) is 13.3 Å². The molecule has 1 aliphatic heterocycles. The Bertz CT molecular complexity index is 428. The van der Waals surface area contributed by atoms with Crippen LogP contribution in [-0.4, -0.2) is 16.9 Å². The summed E-state index contributed by atoms with van der Waals surface area (Å²) in [4.78, 5) is 24.3. The second kappa shape index (κ2) is 3.38. The highest BCUT2D eigenvalue weighted by atomic mass is 16.3. The number of hydrogen-bond donors (Lipinski definition) is 1. The molecule has 1 fully saturated rings. The van der Waals surface area contributed by atoms with Crippen LogP contribution in [0.25, 0.3) is 0 Å². The van der Waals surface area contributed by atoms with Gasteiger partial charge in [0.15, 0.2) is 0 Å². The number of aromatic hydroxyl groups is 1. The molecular formula is C11H11NO3. The van der Waals surface area contributed by atoms with Crippen LogP contribution in [-0.2, 0) is 9.59 Å². The van der Waals surface area contributed by atoms with Gasteiger partial charge in [-0.2, -0.15) is 0 Å². The molecule has 1 heterocycles. The van der Waals surface area contributed by atoms with Crippen LogP contribution in [0.5, 0.6) is 5.75 Å². The topological polar surface area (TPSA) is 57.6 Å². The van der Waals surface area contributed by atoms with Crippen LogP contribution in [0, 0.1) is 5.92 Å². The van der Waals surface area contributed by atoms with E-state index in [2.05, 4.69) is 0 Å². The van der Waals surface area contributed by atoms with Crippen molar-refractivity contribution in [3.63, 3.8) is 0 Å². The third-order valence-corrected chi connectivity index (χ3v) is 2.46. The number of anilines is 1. The molecule has 1 unspecified atom stereocenters. The van der Waals surface area contributed by atoms with Crippen molar-refractivity contribution >= 4 is 17.5 Å². The zero-order valence-corrected chi connectivity index (χ0v) is 8.30. The maximum atomic E-state index is 11.7. The van der Waals surface area contributed by atoms with E-state index in [1.807, 2.05) is 0 Å². The Kier molecular flexibility index (Phi) is 2.19. The fraction of sp³-hybridized carbons (Fsp3) is 0.273. The molecule has 4 heteroatoms. The summed E-state index contributed by atoms with van der Waals surface area (Å²) in [7, 11) is 0. The van der Waals surface area contributed by atoms with Crippen molar-refractivity contribution in [2.75, 3.05) is 4.90 Å². The van der Waals surface area contributed by atoms with Gasteiger partial charge in [-0.25, -0.2) is 0 Å². The van der Waals surface area contributed by atoms with Gasteiger partial charge in [-0.05, 0) is 12.1 Å². The van der Waals surface area contributed by atoms with Gasteiger partial charge in [-0.1, -0.05) is 13.0 Å². The Hall–Kier alpha value is -1.84. The van der Waals surface area contributed by atoms with Crippen LogP contribution in [0.3, 0.4) is 0 Å². The van der Waals surface area contributed by atoms with E-state index >= 15 is 0 Å². The first-order valence-electron chi connectivity index (χ1n) is 4.75. The van der Waals surface area contributed by atoms with Crippen LogP contribution in [0.2, 0.25) is 0 Å². The molecule has 0 radical (unpaired) electrons.